The highest BCUT2D eigenvalue weighted by molar-refractivity contribution is 5.96. The smallest absolute Gasteiger partial charge is 0.257 e. The Hall–Kier alpha value is -2.84. The molecule has 0 radical (unpaired) electrons. The van der Waals surface area contributed by atoms with Crippen molar-refractivity contribution in [3.05, 3.63) is 59.2 Å². The minimum atomic E-state index is 0.0616. The van der Waals surface area contributed by atoms with Crippen LogP contribution in [0.1, 0.15) is 86.7 Å². The maximum absolute atomic E-state index is 13.4. The fourth-order valence-electron chi connectivity index (χ4n) is 7.63. The summed E-state index contributed by atoms with van der Waals surface area (Å²) in [5.74, 6) is 0.954. The van der Waals surface area contributed by atoms with E-state index in [-0.39, 0.29) is 23.3 Å². The third kappa shape index (κ3) is 6.25. The van der Waals surface area contributed by atoms with Crippen LogP contribution in [0.5, 0.6) is 0 Å². The first-order chi connectivity index (χ1) is 20.1. The van der Waals surface area contributed by atoms with Crippen molar-refractivity contribution in [2.45, 2.75) is 84.8 Å². The number of carbonyl (C=O) groups is 2. The maximum Gasteiger partial charge on any atom is 0.257 e. The molecule has 0 N–H and O–H groups in total. The van der Waals surface area contributed by atoms with Crippen LogP contribution < -0.4 is 0 Å². The van der Waals surface area contributed by atoms with Crippen molar-refractivity contribution in [2.75, 3.05) is 45.8 Å². The first kappa shape index (κ1) is 30.6. The molecule has 0 unspecified atom stereocenters. The average molecular weight is 575 g/mol. The molecule has 0 aliphatic carbocycles. The number of hydrogen-bond acceptors (Lipinski definition) is 6. The molecule has 3 saturated heterocycles. The van der Waals surface area contributed by atoms with Crippen LogP contribution in [0.25, 0.3) is 0 Å². The molecule has 1 aromatic carbocycles. The second-order valence-electron chi connectivity index (χ2n) is 13.4. The number of aryl methyl sites for hydroxylation is 2. The van der Waals surface area contributed by atoms with Gasteiger partial charge in [0.2, 0.25) is 5.91 Å². The van der Waals surface area contributed by atoms with Crippen molar-refractivity contribution in [3.8, 4) is 0 Å². The lowest BCUT2D eigenvalue weighted by atomic mass is 9.82. The predicted octanol–water partition coefficient (Wildman–Crippen LogP) is 4.73. The van der Waals surface area contributed by atoms with E-state index < -0.39 is 0 Å². The lowest BCUT2D eigenvalue weighted by Gasteiger charge is -2.54. The molecule has 2 atom stereocenters. The molecule has 0 bridgehead atoms. The van der Waals surface area contributed by atoms with E-state index in [9.17, 15) is 9.59 Å². The Bertz CT molecular complexity index is 1210. The number of nitrogens with zero attached hydrogens (tertiary/aromatic N) is 6. The number of likely N-dealkylation sites (tertiary alicyclic amines) is 2. The molecule has 1 aromatic heterocycles. The highest BCUT2D eigenvalue weighted by atomic mass is 16.2. The summed E-state index contributed by atoms with van der Waals surface area (Å²) in [4.78, 5) is 44.1. The summed E-state index contributed by atoms with van der Waals surface area (Å²) in [6.07, 6.45) is 5.59. The van der Waals surface area contributed by atoms with Crippen LogP contribution in [0.15, 0.2) is 36.7 Å². The summed E-state index contributed by atoms with van der Waals surface area (Å²) in [5.41, 5.74) is 3.67. The zero-order valence-corrected chi connectivity index (χ0v) is 26.6. The second kappa shape index (κ2) is 12.8. The average Bonchev–Trinajstić information content (AvgIpc) is 2.99. The van der Waals surface area contributed by atoms with Crippen LogP contribution >= 0.6 is 0 Å². The number of hydrogen-bond donors (Lipinski definition) is 0. The molecule has 8 nitrogen and oxygen atoms in total. The van der Waals surface area contributed by atoms with Crippen LogP contribution in [0.3, 0.4) is 0 Å². The van der Waals surface area contributed by atoms with Gasteiger partial charge < -0.3 is 9.80 Å². The summed E-state index contributed by atoms with van der Waals surface area (Å²) >= 11 is 0. The van der Waals surface area contributed by atoms with Gasteiger partial charge in [-0.1, -0.05) is 44.2 Å². The molecule has 42 heavy (non-hydrogen) atoms. The van der Waals surface area contributed by atoms with Gasteiger partial charge in [-0.15, -0.1) is 0 Å². The van der Waals surface area contributed by atoms with Crippen LogP contribution in [0.2, 0.25) is 0 Å². The van der Waals surface area contributed by atoms with Crippen LogP contribution in [0, 0.1) is 25.7 Å². The molecule has 2 aromatic rings. The van der Waals surface area contributed by atoms with E-state index in [0.29, 0.717) is 23.6 Å². The molecular weight excluding hydrogens is 524 g/mol. The molecule has 0 spiro atoms. The fraction of sp³-hybridized carbons (Fsp3) is 0.647. The Labute approximate surface area is 252 Å². The number of benzene rings is 1. The van der Waals surface area contributed by atoms with Crippen LogP contribution in [-0.2, 0) is 4.79 Å². The van der Waals surface area contributed by atoms with Gasteiger partial charge >= 0.3 is 0 Å². The van der Waals surface area contributed by atoms with Gasteiger partial charge in [-0.05, 0) is 64.9 Å². The molecule has 228 valence electrons. The van der Waals surface area contributed by atoms with E-state index in [1.165, 1.54) is 11.9 Å². The number of carbonyl (C=O) groups excluding carboxylic acids is 2. The molecular formula is C34H50N6O2. The quantitative estimate of drug-likeness (QED) is 0.497. The Balaban J connectivity index is 1.24. The number of amides is 2. The fourth-order valence-corrected chi connectivity index (χ4v) is 7.63. The lowest BCUT2D eigenvalue weighted by Crippen LogP contribution is -2.63. The second-order valence-corrected chi connectivity index (χ2v) is 13.4. The lowest BCUT2D eigenvalue weighted by molar-refractivity contribution is -0.136. The van der Waals surface area contributed by atoms with Gasteiger partial charge in [-0.2, -0.15) is 0 Å². The van der Waals surface area contributed by atoms with Crippen molar-refractivity contribution in [1.29, 1.82) is 0 Å². The first-order valence-electron chi connectivity index (χ1n) is 16.0. The summed E-state index contributed by atoms with van der Waals surface area (Å²) in [7, 11) is 0. The van der Waals surface area contributed by atoms with E-state index in [0.717, 1.165) is 82.9 Å². The number of rotatable bonds is 6. The highest BCUT2D eigenvalue weighted by Gasteiger charge is 2.43. The Morgan fingerprint density at radius 3 is 2.07 bits per heavy atom. The largest absolute Gasteiger partial charge is 0.342 e. The molecule has 5 rings (SSSR count). The van der Waals surface area contributed by atoms with E-state index >= 15 is 0 Å². The Morgan fingerprint density at radius 2 is 1.50 bits per heavy atom. The van der Waals surface area contributed by atoms with Crippen molar-refractivity contribution >= 4 is 11.8 Å². The van der Waals surface area contributed by atoms with Gasteiger partial charge in [-0.3, -0.25) is 19.4 Å². The van der Waals surface area contributed by atoms with Crippen molar-refractivity contribution < 1.29 is 9.59 Å². The normalized spacial score (nSPS) is 23.3. The van der Waals surface area contributed by atoms with Crippen molar-refractivity contribution in [1.82, 2.24) is 29.6 Å². The Kier molecular flexibility index (Phi) is 9.33. The first-order valence-corrected chi connectivity index (χ1v) is 16.0. The topological polar surface area (TPSA) is 72.9 Å². The summed E-state index contributed by atoms with van der Waals surface area (Å²) in [6, 6.07) is 11.8. The maximum atomic E-state index is 13.4. The summed E-state index contributed by atoms with van der Waals surface area (Å²) in [6.45, 7) is 18.9. The molecule has 4 heterocycles. The van der Waals surface area contributed by atoms with Gasteiger partial charge in [0.1, 0.15) is 6.33 Å². The minimum absolute atomic E-state index is 0.0616. The number of piperazine rings is 1. The van der Waals surface area contributed by atoms with Crippen molar-refractivity contribution in [3.63, 3.8) is 0 Å². The number of aromatic nitrogens is 2. The van der Waals surface area contributed by atoms with Gasteiger partial charge in [-0.25, -0.2) is 9.97 Å². The van der Waals surface area contributed by atoms with Gasteiger partial charge in [0.05, 0.1) is 17.0 Å². The van der Waals surface area contributed by atoms with Gasteiger partial charge in [0.25, 0.3) is 5.91 Å². The zero-order chi connectivity index (χ0) is 30.0. The molecule has 8 heteroatoms. The van der Waals surface area contributed by atoms with Crippen molar-refractivity contribution in [2.24, 2.45) is 11.8 Å². The SMILES string of the molecule is Cc1ncnc(C)c1C(=O)N1CCC(C)(N2CCN([C@@H](c3ccccc3)C3CCN(C(=O)C(C)C)CC3)[C@@H](C)C2)CC1. The summed E-state index contributed by atoms with van der Waals surface area (Å²) in [5, 5.41) is 0. The van der Waals surface area contributed by atoms with Gasteiger partial charge in [0.15, 0.2) is 0 Å². The Morgan fingerprint density at radius 1 is 0.881 bits per heavy atom. The van der Waals surface area contributed by atoms with Crippen LogP contribution in [0.4, 0.5) is 0 Å². The predicted molar refractivity (Wildman–Crippen MR) is 166 cm³/mol. The monoisotopic (exact) mass is 574 g/mol. The third-order valence-corrected chi connectivity index (χ3v) is 10.3. The highest BCUT2D eigenvalue weighted by Crippen LogP contribution is 2.40. The zero-order valence-electron chi connectivity index (χ0n) is 26.6. The van der Waals surface area contributed by atoms with Gasteiger partial charge in [0, 0.05) is 69.4 Å². The van der Waals surface area contributed by atoms with E-state index in [1.54, 1.807) is 0 Å². The third-order valence-electron chi connectivity index (χ3n) is 10.3. The van der Waals surface area contributed by atoms with Crippen LogP contribution in [-0.4, -0.2) is 98.8 Å². The minimum Gasteiger partial charge on any atom is -0.342 e. The molecule has 3 aliphatic heterocycles. The summed E-state index contributed by atoms with van der Waals surface area (Å²) < 4.78 is 0. The molecule has 3 aliphatic rings. The molecule has 0 saturated carbocycles. The van der Waals surface area contributed by atoms with E-state index in [2.05, 4.69) is 68.8 Å². The standard InChI is InChI=1S/C34H50N6O2/c1-24(2)32(41)37-16-12-29(13-17-37)31(28-10-8-7-9-11-28)40-21-20-39(22-25(40)3)34(6)14-18-38(19-15-34)33(42)30-26(4)35-23-36-27(30)5/h7-11,23-25,29,31H,12-22H2,1-6H3/t25-,31-/m0/s1. The molecule has 2 amide bonds. The molecule has 3 fully saturated rings. The van der Waals surface area contributed by atoms with E-state index in [1.807, 2.05) is 32.6 Å². The van der Waals surface area contributed by atoms with E-state index in [4.69, 9.17) is 0 Å². The number of piperidine rings is 2.